The molecule has 2 amide bonds. The molecule has 0 aliphatic carbocycles. The Labute approximate surface area is 191 Å². The number of amides is 2. The third kappa shape index (κ3) is 5.34. The van der Waals surface area contributed by atoms with Gasteiger partial charge in [-0.25, -0.2) is 0 Å². The average molecular weight is 487 g/mol. The first kappa shape index (κ1) is 23.0. The first-order chi connectivity index (χ1) is 14.7. The molecule has 2 aromatic carbocycles. The Bertz CT molecular complexity index is 1030. The number of nitrogens with zero attached hydrogens (tertiary/aromatic N) is 1. The van der Waals surface area contributed by atoms with Crippen LogP contribution in [-0.4, -0.2) is 30.9 Å². The predicted octanol–water partition coefficient (Wildman–Crippen LogP) is 4.47. The van der Waals surface area contributed by atoms with E-state index in [0.29, 0.717) is 0 Å². The number of hydrogen-bond acceptors (Lipinski definition) is 4. The summed E-state index contributed by atoms with van der Waals surface area (Å²) in [6, 6.07) is 9.67. The number of hydrogen-bond donors (Lipinski definition) is 1. The Hall–Kier alpha value is -2.67. The smallest absolute Gasteiger partial charge is 0.311 e. The first-order valence-corrected chi connectivity index (χ1v) is 11.1. The summed E-state index contributed by atoms with van der Waals surface area (Å²) in [5, 5.41) is 2.84. The Kier molecular flexibility index (Phi) is 7.15. The highest BCUT2D eigenvalue weighted by Gasteiger charge is 2.36. The molecule has 3 rings (SSSR count). The van der Waals surface area contributed by atoms with Crippen LogP contribution in [0.2, 0.25) is 0 Å². The summed E-state index contributed by atoms with van der Waals surface area (Å²) in [5.41, 5.74) is 5.67. The van der Waals surface area contributed by atoms with Crippen molar-refractivity contribution in [2.75, 3.05) is 23.4 Å². The zero-order chi connectivity index (χ0) is 22.7. The van der Waals surface area contributed by atoms with Gasteiger partial charge in [0.15, 0.2) is 6.61 Å². The van der Waals surface area contributed by atoms with E-state index in [-0.39, 0.29) is 25.5 Å². The molecule has 0 aromatic heterocycles. The monoisotopic (exact) mass is 486 g/mol. The number of carbonyl (C=O) groups is 3. The minimum Gasteiger partial charge on any atom is -0.455 e. The van der Waals surface area contributed by atoms with Crippen molar-refractivity contribution < 1.29 is 19.1 Å². The van der Waals surface area contributed by atoms with Crippen LogP contribution in [0.25, 0.3) is 0 Å². The maximum absolute atomic E-state index is 12.5. The van der Waals surface area contributed by atoms with Gasteiger partial charge in [0, 0.05) is 28.8 Å². The van der Waals surface area contributed by atoms with E-state index in [4.69, 9.17) is 4.74 Å². The van der Waals surface area contributed by atoms with Crippen LogP contribution in [0, 0.1) is 26.7 Å². The lowest BCUT2D eigenvalue weighted by molar-refractivity contribution is -0.151. The second kappa shape index (κ2) is 9.64. The molecule has 1 heterocycles. The number of ether oxygens (including phenoxy) is 1. The fourth-order valence-electron chi connectivity index (χ4n) is 3.71. The number of nitrogens with one attached hydrogen (secondary N) is 1. The van der Waals surface area contributed by atoms with Crippen molar-refractivity contribution in [2.45, 2.75) is 40.5 Å². The van der Waals surface area contributed by atoms with Crippen LogP contribution in [0.4, 0.5) is 11.4 Å². The van der Waals surface area contributed by atoms with Crippen LogP contribution < -0.4 is 10.2 Å². The van der Waals surface area contributed by atoms with E-state index in [1.807, 2.05) is 58.0 Å². The van der Waals surface area contributed by atoms with E-state index in [2.05, 4.69) is 21.2 Å². The van der Waals surface area contributed by atoms with Gasteiger partial charge in [0.25, 0.3) is 5.91 Å². The van der Waals surface area contributed by atoms with E-state index < -0.39 is 17.8 Å². The van der Waals surface area contributed by atoms with Crippen molar-refractivity contribution in [1.82, 2.24) is 0 Å². The molecule has 0 saturated carbocycles. The molecule has 1 saturated heterocycles. The van der Waals surface area contributed by atoms with Crippen LogP contribution >= 0.6 is 15.9 Å². The maximum Gasteiger partial charge on any atom is 0.311 e. The highest BCUT2D eigenvalue weighted by molar-refractivity contribution is 9.10. The summed E-state index contributed by atoms with van der Waals surface area (Å²) in [6.45, 7) is 7.79. The number of carbonyl (C=O) groups excluding carboxylic acids is 3. The molecule has 1 N–H and O–H groups in total. The number of aryl methyl sites for hydroxylation is 4. The number of anilines is 2. The fourth-order valence-corrected chi connectivity index (χ4v) is 4.33. The number of benzene rings is 2. The Morgan fingerprint density at radius 2 is 1.87 bits per heavy atom. The fraction of sp³-hybridized carbons (Fsp3) is 0.375. The van der Waals surface area contributed by atoms with Crippen LogP contribution in [0.3, 0.4) is 0 Å². The highest BCUT2D eigenvalue weighted by atomic mass is 79.9. The molecular weight excluding hydrogens is 460 g/mol. The number of rotatable bonds is 6. The van der Waals surface area contributed by atoms with Gasteiger partial charge in [-0.3, -0.25) is 14.4 Å². The van der Waals surface area contributed by atoms with Gasteiger partial charge in [-0.05, 0) is 73.7 Å². The molecule has 0 bridgehead atoms. The lowest BCUT2D eigenvalue weighted by atomic mass is 10.1. The van der Waals surface area contributed by atoms with E-state index in [1.54, 1.807) is 4.90 Å². The Balaban J connectivity index is 1.58. The molecule has 0 radical (unpaired) electrons. The third-order valence-corrected chi connectivity index (χ3v) is 6.09. The molecule has 2 aromatic rings. The third-order valence-electron chi connectivity index (χ3n) is 5.63. The summed E-state index contributed by atoms with van der Waals surface area (Å²) >= 11 is 3.46. The molecule has 164 valence electrons. The van der Waals surface area contributed by atoms with Crippen LogP contribution in [0.1, 0.15) is 35.6 Å². The van der Waals surface area contributed by atoms with Crippen molar-refractivity contribution in [3.05, 3.63) is 57.1 Å². The lowest BCUT2D eigenvalue weighted by Crippen LogP contribution is -2.28. The zero-order valence-corrected chi connectivity index (χ0v) is 19.8. The van der Waals surface area contributed by atoms with Gasteiger partial charge in [-0.15, -0.1) is 0 Å². The summed E-state index contributed by atoms with van der Waals surface area (Å²) in [7, 11) is 0. The second-order valence-corrected chi connectivity index (χ2v) is 8.86. The van der Waals surface area contributed by atoms with Crippen LogP contribution in [-0.2, 0) is 25.5 Å². The lowest BCUT2D eigenvalue weighted by Gasteiger charge is -2.18. The van der Waals surface area contributed by atoms with E-state index in [1.165, 1.54) is 0 Å². The summed E-state index contributed by atoms with van der Waals surface area (Å²) in [5.74, 6) is -1.63. The molecular formula is C24H27BrN2O4. The quantitative estimate of drug-likeness (QED) is 0.611. The SMILES string of the molecule is CCc1cc(Br)cc(C)c1NC(=O)COC(=O)[C@@H]1CC(=O)N(c2ccc(C)c(C)c2)C1. The molecule has 1 aliphatic heterocycles. The van der Waals surface area contributed by atoms with Crippen molar-refractivity contribution in [1.29, 1.82) is 0 Å². The van der Waals surface area contributed by atoms with E-state index in [9.17, 15) is 14.4 Å². The van der Waals surface area contributed by atoms with Crippen molar-refractivity contribution in [2.24, 2.45) is 5.92 Å². The van der Waals surface area contributed by atoms with Gasteiger partial charge in [-0.1, -0.05) is 28.9 Å². The predicted molar refractivity (Wildman–Crippen MR) is 124 cm³/mol. The van der Waals surface area contributed by atoms with Crippen LogP contribution in [0.15, 0.2) is 34.8 Å². The minimum absolute atomic E-state index is 0.0825. The highest BCUT2D eigenvalue weighted by Crippen LogP contribution is 2.28. The average Bonchev–Trinajstić information content (AvgIpc) is 3.11. The molecule has 0 spiro atoms. The van der Waals surface area contributed by atoms with Gasteiger partial charge in [0.1, 0.15) is 0 Å². The van der Waals surface area contributed by atoms with E-state index >= 15 is 0 Å². The van der Waals surface area contributed by atoms with Crippen molar-refractivity contribution in [3.63, 3.8) is 0 Å². The van der Waals surface area contributed by atoms with Crippen molar-refractivity contribution in [3.8, 4) is 0 Å². The molecule has 0 unspecified atom stereocenters. The normalized spacial score (nSPS) is 15.8. The molecule has 7 heteroatoms. The number of halogens is 1. The van der Waals surface area contributed by atoms with Gasteiger partial charge >= 0.3 is 5.97 Å². The number of esters is 1. The first-order valence-electron chi connectivity index (χ1n) is 10.3. The summed E-state index contributed by atoms with van der Waals surface area (Å²) < 4.78 is 6.18. The molecule has 1 aliphatic rings. The second-order valence-electron chi connectivity index (χ2n) is 7.94. The summed E-state index contributed by atoms with van der Waals surface area (Å²) in [4.78, 5) is 38.9. The Morgan fingerprint density at radius 1 is 1.13 bits per heavy atom. The largest absolute Gasteiger partial charge is 0.455 e. The van der Waals surface area contributed by atoms with Crippen molar-refractivity contribution >= 4 is 45.1 Å². The van der Waals surface area contributed by atoms with Gasteiger partial charge in [-0.2, -0.15) is 0 Å². The molecule has 6 nitrogen and oxygen atoms in total. The molecule has 1 atom stereocenters. The topological polar surface area (TPSA) is 75.7 Å². The van der Waals surface area contributed by atoms with Gasteiger partial charge in [0.05, 0.1) is 5.92 Å². The zero-order valence-electron chi connectivity index (χ0n) is 18.3. The van der Waals surface area contributed by atoms with Gasteiger partial charge < -0.3 is 15.0 Å². The Morgan fingerprint density at radius 3 is 2.55 bits per heavy atom. The standard InChI is InChI=1S/C24H27BrN2O4/c1-5-17-10-19(25)8-16(4)23(17)26-21(28)13-31-24(30)18-11-22(29)27(12-18)20-7-6-14(2)15(3)9-20/h6-10,18H,5,11-13H2,1-4H3,(H,26,28)/t18-/m1/s1. The summed E-state index contributed by atoms with van der Waals surface area (Å²) in [6.07, 6.45) is 0.841. The maximum atomic E-state index is 12.5. The molecule has 1 fully saturated rings. The van der Waals surface area contributed by atoms with E-state index in [0.717, 1.165) is 44.5 Å². The minimum atomic E-state index is -0.581. The van der Waals surface area contributed by atoms with Crippen LogP contribution in [0.5, 0.6) is 0 Å². The molecule has 31 heavy (non-hydrogen) atoms. The van der Waals surface area contributed by atoms with Gasteiger partial charge in [0.2, 0.25) is 5.91 Å².